The van der Waals surface area contributed by atoms with E-state index in [2.05, 4.69) is 54.4 Å². The minimum absolute atomic E-state index is 0.571. The van der Waals surface area contributed by atoms with E-state index in [1.807, 2.05) is 18.2 Å². The molecule has 3 rings (SSSR count). The van der Waals surface area contributed by atoms with Crippen LogP contribution in [0, 0.1) is 0 Å². The standard InChI is InChI=1S/C22H27ClN4/c1-3-16-8-5-6-9-17(16)15-27(4-2)21-14-20(25-13-12-24)18-10-7-11-19(23)22(18)26-21/h5-11,14H,3-4,12-13,15,24H2,1-2H3,(H,25,26). The number of hydrogen-bond donors (Lipinski definition) is 2. The number of halogens is 1. The van der Waals surface area contributed by atoms with E-state index in [1.165, 1.54) is 11.1 Å². The molecule has 3 N–H and O–H groups in total. The maximum Gasteiger partial charge on any atom is 0.131 e. The topological polar surface area (TPSA) is 54.2 Å². The average Bonchev–Trinajstić information content (AvgIpc) is 2.70. The van der Waals surface area contributed by atoms with Gasteiger partial charge in [-0.2, -0.15) is 0 Å². The zero-order chi connectivity index (χ0) is 19.2. The van der Waals surface area contributed by atoms with Crippen molar-refractivity contribution in [2.24, 2.45) is 5.73 Å². The molecule has 0 aliphatic rings. The summed E-state index contributed by atoms with van der Waals surface area (Å²) in [6.45, 7) is 7.30. The molecule has 5 heteroatoms. The quantitative estimate of drug-likeness (QED) is 0.584. The normalized spacial score (nSPS) is 11.0. The van der Waals surface area contributed by atoms with Crippen molar-refractivity contribution < 1.29 is 0 Å². The molecule has 0 aliphatic heterocycles. The molecular weight excluding hydrogens is 356 g/mol. The van der Waals surface area contributed by atoms with E-state index in [9.17, 15) is 0 Å². The number of nitrogens with one attached hydrogen (secondary N) is 1. The molecule has 4 nitrogen and oxygen atoms in total. The third-order valence-corrected chi connectivity index (χ3v) is 5.11. The van der Waals surface area contributed by atoms with Gasteiger partial charge in [-0.3, -0.25) is 0 Å². The Balaban J connectivity index is 2.03. The molecule has 0 saturated carbocycles. The molecule has 2 aromatic carbocycles. The number of aromatic nitrogens is 1. The largest absolute Gasteiger partial charge is 0.383 e. The van der Waals surface area contributed by atoms with Crippen LogP contribution >= 0.6 is 11.6 Å². The van der Waals surface area contributed by atoms with E-state index in [-0.39, 0.29) is 0 Å². The SMILES string of the molecule is CCc1ccccc1CN(CC)c1cc(NCCN)c2cccc(Cl)c2n1. The van der Waals surface area contributed by atoms with Crippen molar-refractivity contribution in [2.45, 2.75) is 26.8 Å². The van der Waals surface area contributed by atoms with Crippen molar-refractivity contribution in [1.82, 2.24) is 4.98 Å². The Morgan fingerprint density at radius 1 is 1.07 bits per heavy atom. The fourth-order valence-electron chi connectivity index (χ4n) is 3.33. The van der Waals surface area contributed by atoms with Crippen molar-refractivity contribution in [3.05, 3.63) is 64.7 Å². The highest BCUT2D eigenvalue weighted by Crippen LogP contribution is 2.32. The Bertz CT molecular complexity index is 910. The number of anilines is 2. The molecule has 142 valence electrons. The third-order valence-electron chi connectivity index (χ3n) is 4.80. The molecule has 1 heterocycles. The molecule has 0 atom stereocenters. The van der Waals surface area contributed by atoms with E-state index in [4.69, 9.17) is 22.3 Å². The summed E-state index contributed by atoms with van der Waals surface area (Å²) in [5.41, 5.74) is 10.2. The zero-order valence-electron chi connectivity index (χ0n) is 16.0. The lowest BCUT2D eigenvalue weighted by molar-refractivity contribution is 0.808. The van der Waals surface area contributed by atoms with Gasteiger partial charge in [0.2, 0.25) is 0 Å². The van der Waals surface area contributed by atoms with Crippen molar-refractivity contribution in [1.29, 1.82) is 0 Å². The van der Waals surface area contributed by atoms with Crippen molar-refractivity contribution in [3.63, 3.8) is 0 Å². The maximum absolute atomic E-state index is 6.46. The molecule has 0 bridgehead atoms. The molecule has 1 aromatic heterocycles. The van der Waals surface area contributed by atoms with E-state index in [1.54, 1.807) is 0 Å². The van der Waals surface area contributed by atoms with Crippen LogP contribution < -0.4 is 16.0 Å². The summed E-state index contributed by atoms with van der Waals surface area (Å²) < 4.78 is 0. The predicted octanol–water partition coefficient (Wildman–Crippen LogP) is 4.85. The predicted molar refractivity (Wildman–Crippen MR) is 117 cm³/mol. The van der Waals surface area contributed by atoms with Gasteiger partial charge in [-0.05, 0) is 30.5 Å². The fraction of sp³-hybridized carbons (Fsp3) is 0.318. The number of nitrogens with two attached hydrogens (primary N) is 1. The molecule has 0 saturated heterocycles. The Morgan fingerprint density at radius 3 is 2.56 bits per heavy atom. The number of benzene rings is 2. The van der Waals surface area contributed by atoms with Crippen LogP contribution in [0.1, 0.15) is 25.0 Å². The maximum atomic E-state index is 6.46. The van der Waals surface area contributed by atoms with Gasteiger partial charge in [-0.1, -0.05) is 54.9 Å². The third kappa shape index (κ3) is 4.34. The Kier molecular flexibility index (Phi) is 6.54. The molecule has 0 unspecified atom stereocenters. The Labute approximate surface area is 166 Å². The highest BCUT2D eigenvalue weighted by Gasteiger charge is 2.14. The Hall–Kier alpha value is -2.30. The van der Waals surface area contributed by atoms with Crippen LogP contribution in [0.15, 0.2) is 48.5 Å². The van der Waals surface area contributed by atoms with Crippen LogP contribution in [0.25, 0.3) is 10.9 Å². The number of rotatable bonds is 8. The second kappa shape index (κ2) is 9.07. The van der Waals surface area contributed by atoms with Gasteiger partial charge in [0.1, 0.15) is 5.82 Å². The van der Waals surface area contributed by atoms with Crippen LogP contribution in [-0.4, -0.2) is 24.6 Å². The van der Waals surface area contributed by atoms with Gasteiger partial charge in [0.25, 0.3) is 0 Å². The number of pyridine rings is 1. The van der Waals surface area contributed by atoms with Crippen molar-refractivity contribution in [2.75, 3.05) is 29.9 Å². The fourth-order valence-corrected chi connectivity index (χ4v) is 3.55. The van der Waals surface area contributed by atoms with Crippen LogP contribution in [0.2, 0.25) is 5.02 Å². The van der Waals surface area contributed by atoms with Gasteiger partial charge in [-0.15, -0.1) is 0 Å². The van der Waals surface area contributed by atoms with Gasteiger partial charge in [0, 0.05) is 43.3 Å². The lowest BCUT2D eigenvalue weighted by Gasteiger charge is -2.25. The number of aryl methyl sites for hydroxylation is 1. The first-order chi connectivity index (χ1) is 13.2. The minimum Gasteiger partial charge on any atom is -0.383 e. The molecule has 3 aromatic rings. The van der Waals surface area contributed by atoms with Crippen molar-refractivity contribution in [3.8, 4) is 0 Å². The first-order valence-electron chi connectivity index (χ1n) is 9.52. The summed E-state index contributed by atoms with van der Waals surface area (Å²) in [6, 6.07) is 16.6. The first-order valence-corrected chi connectivity index (χ1v) is 9.90. The van der Waals surface area contributed by atoms with E-state index < -0.39 is 0 Å². The van der Waals surface area contributed by atoms with Crippen LogP contribution in [0.5, 0.6) is 0 Å². The smallest absolute Gasteiger partial charge is 0.131 e. The van der Waals surface area contributed by atoms with Crippen LogP contribution in [0.4, 0.5) is 11.5 Å². The molecule has 0 spiro atoms. The van der Waals surface area contributed by atoms with Crippen LogP contribution in [0.3, 0.4) is 0 Å². The van der Waals surface area contributed by atoms with E-state index in [0.29, 0.717) is 18.1 Å². The number of hydrogen-bond acceptors (Lipinski definition) is 4. The van der Waals surface area contributed by atoms with Gasteiger partial charge in [0.15, 0.2) is 0 Å². The molecule has 0 aliphatic carbocycles. The molecule has 0 fully saturated rings. The highest BCUT2D eigenvalue weighted by molar-refractivity contribution is 6.35. The van der Waals surface area contributed by atoms with E-state index >= 15 is 0 Å². The zero-order valence-corrected chi connectivity index (χ0v) is 16.8. The number of nitrogens with zero attached hydrogens (tertiary/aromatic N) is 2. The van der Waals surface area contributed by atoms with E-state index in [0.717, 1.165) is 41.9 Å². The average molecular weight is 383 g/mol. The molecular formula is C22H27ClN4. The first kappa shape index (κ1) is 19.5. The van der Waals surface area contributed by atoms with Gasteiger partial charge in [-0.25, -0.2) is 4.98 Å². The lowest BCUT2D eigenvalue weighted by Crippen LogP contribution is -2.24. The second-order valence-electron chi connectivity index (χ2n) is 6.52. The summed E-state index contributed by atoms with van der Waals surface area (Å²) in [5.74, 6) is 0.920. The lowest BCUT2D eigenvalue weighted by atomic mass is 10.0. The summed E-state index contributed by atoms with van der Waals surface area (Å²) >= 11 is 6.46. The van der Waals surface area contributed by atoms with Gasteiger partial charge in [0.05, 0.1) is 10.5 Å². The summed E-state index contributed by atoms with van der Waals surface area (Å²) in [5, 5.41) is 5.10. The summed E-state index contributed by atoms with van der Waals surface area (Å²) in [6.07, 6.45) is 1.02. The monoisotopic (exact) mass is 382 g/mol. The number of para-hydroxylation sites is 1. The van der Waals surface area contributed by atoms with Gasteiger partial charge >= 0.3 is 0 Å². The Morgan fingerprint density at radius 2 is 1.85 bits per heavy atom. The second-order valence-corrected chi connectivity index (χ2v) is 6.92. The highest BCUT2D eigenvalue weighted by atomic mass is 35.5. The molecule has 0 radical (unpaired) electrons. The summed E-state index contributed by atoms with van der Waals surface area (Å²) in [7, 11) is 0. The summed E-state index contributed by atoms with van der Waals surface area (Å²) in [4.78, 5) is 7.17. The van der Waals surface area contributed by atoms with Gasteiger partial charge < -0.3 is 16.0 Å². The van der Waals surface area contributed by atoms with Crippen molar-refractivity contribution >= 4 is 34.0 Å². The molecule has 27 heavy (non-hydrogen) atoms. The minimum atomic E-state index is 0.571. The molecule has 0 amide bonds. The van der Waals surface area contributed by atoms with Crippen LogP contribution in [-0.2, 0) is 13.0 Å². The number of fused-ring (bicyclic) bond motifs is 1.